The highest BCUT2D eigenvalue weighted by molar-refractivity contribution is 7.22. The van der Waals surface area contributed by atoms with Gasteiger partial charge in [-0.2, -0.15) is 0 Å². The van der Waals surface area contributed by atoms with E-state index in [0.717, 1.165) is 15.8 Å². The molecule has 0 bridgehead atoms. The van der Waals surface area contributed by atoms with Gasteiger partial charge in [-0.15, -0.1) is 0 Å². The second-order valence-corrected chi connectivity index (χ2v) is 7.96. The van der Waals surface area contributed by atoms with Crippen LogP contribution in [0.5, 0.6) is 0 Å². The van der Waals surface area contributed by atoms with Crippen LogP contribution in [0.4, 0.5) is 5.13 Å². The molecule has 6 nitrogen and oxygen atoms in total. The van der Waals surface area contributed by atoms with Crippen LogP contribution in [-0.2, 0) is 0 Å². The molecule has 0 saturated carbocycles. The number of hydrogen-bond donors (Lipinski definition) is 1. The summed E-state index contributed by atoms with van der Waals surface area (Å²) in [5.74, 6) is -0.249. The molecule has 5 rings (SSSR count). The highest BCUT2D eigenvalue weighted by atomic mass is 32.1. The summed E-state index contributed by atoms with van der Waals surface area (Å²) < 4.78 is 2.50. The molecule has 1 N–H and O–H groups in total. The maximum atomic E-state index is 12.7. The van der Waals surface area contributed by atoms with E-state index in [1.165, 1.54) is 22.2 Å². The molecule has 0 radical (unpaired) electrons. The summed E-state index contributed by atoms with van der Waals surface area (Å²) in [6.07, 6.45) is 1.50. The SMILES string of the molecule is Cc1ccc2nc(NC(=O)c3ccc(-n4cnc5ccccc5c4=O)cc3)sc2c1. The summed E-state index contributed by atoms with van der Waals surface area (Å²) in [5.41, 5.74) is 3.64. The number of carbonyl (C=O) groups is 1. The van der Waals surface area contributed by atoms with Crippen molar-refractivity contribution in [3.05, 3.63) is 94.5 Å². The number of thiazole rings is 1. The first-order valence-corrected chi connectivity index (χ1v) is 10.2. The average molecular weight is 412 g/mol. The van der Waals surface area contributed by atoms with Crippen molar-refractivity contribution in [2.45, 2.75) is 6.92 Å². The molecule has 0 aliphatic rings. The van der Waals surface area contributed by atoms with Crippen LogP contribution in [0.1, 0.15) is 15.9 Å². The lowest BCUT2D eigenvalue weighted by molar-refractivity contribution is 0.102. The number of nitrogens with one attached hydrogen (secondary N) is 1. The van der Waals surface area contributed by atoms with E-state index in [1.807, 2.05) is 37.3 Å². The fourth-order valence-corrected chi connectivity index (χ4v) is 4.24. The van der Waals surface area contributed by atoms with Gasteiger partial charge in [0.05, 0.1) is 26.8 Å². The molecule has 2 heterocycles. The lowest BCUT2D eigenvalue weighted by atomic mass is 10.2. The molecular formula is C23H16N4O2S. The Morgan fingerprint density at radius 3 is 2.63 bits per heavy atom. The summed E-state index contributed by atoms with van der Waals surface area (Å²) in [7, 11) is 0. The highest BCUT2D eigenvalue weighted by Crippen LogP contribution is 2.27. The van der Waals surface area contributed by atoms with Gasteiger partial charge in [0.1, 0.15) is 6.33 Å². The largest absolute Gasteiger partial charge is 0.298 e. The van der Waals surface area contributed by atoms with Crippen molar-refractivity contribution in [3.8, 4) is 5.69 Å². The van der Waals surface area contributed by atoms with Crippen molar-refractivity contribution >= 4 is 43.5 Å². The number of aryl methyl sites for hydroxylation is 1. The number of nitrogens with zero attached hydrogens (tertiary/aromatic N) is 3. The maximum absolute atomic E-state index is 12.7. The molecule has 3 aromatic carbocycles. The smallest absolute Gasteiger partial charge is 0.265 e. The number of benzene rings is 3. The van der Waals surface area contributed by atoms with E-state index < -0.39 is 0 Å². The molecule has 1 amide bonds. The Bertz CT molecular complexity index is 1470. The first kappa shape index (κ1) is 18.2. The zero-order valence-electron chi connectivity index (χ0n) is 16.0. The number of rotatable bonds is 3. The number of aromatic nitrogens is 3. The van der Waals surface area contributed by atoms with E-state index in [0.29, 0.717) is 27.3 Å². The molecule has 0 aliphatic heterocycles. The Kier molecular flexibility index (Phi) is 4.37. The zero-order chi connectivity index (χ0) is 20.7. The highest BCUT2D eigenvalue weighted by Gasteiger charge is 2.11. The average Bonchev–Trinajstić information content (AvgIpc) is 3.15. The molecule has 146 valence electrons. The van der Waals surface area contributed by atoms with Gasteiger partial charge in [-0.25, -0.2) is 9.97 Å². The lowest BCUT2D eigenvalue weighted by Crippen LogP contribution is -2.19. The van der Waals surface area contributed by atoms with Gasteiger partial charge in [-0.05, 0) is 61.0 Å². The number of fused-ring (bicyclic) bond motifs is 2. The number of carbonyl (C=O) groups excluding carboxylic acids is 1. The number of para-hydroxylation sites is 1. The van der Waals surface area contributed by atoms with Crippen LogP contribution in [0.2, 0.25) is 0 Å². The van der Waals surface area contributed by atoms with Gasteiger partial charge in [-0.3, -0.25) is 19.5 Å². The first-order valence-electron chi connectivity index (χ1n) is 9.34. The summed E-state index contributed by atoms with van der Waals surface area (Å²) in [6, 6.07) is 20.0. The van der Waals surface area contributed by atoms with Gasteiger partial charge < -0.3 is 0 Å². The van der Waals surface area contributed by atoms with Crippen LogP contribution in [0.25, 0.3) is 26.8 Å². The van der Waals surface area contributed by atoms with Crippen molar-refractivity contribution in [1.29, 1.82) is 0 Å². The van der Waals surface area contributed by atoms with E-state index in [9.17, 15) is 9.59 Å². The number of anilines is 1. The van der Waals surface area contributed by atoms with Gasteiger partial charge >= 0.3 is 0 Å². The first-order chi connectivity index (χ1) is 14.6. The molecule has 7 heteroatoms. The van der Waals surface area contributed by atoms with Gasteiger partial charge in [0.15, 0.2) is 5.13 Å². The zero-order valence-corrected chi connectivity index (χ0v) is 16.8. The quantitative estimate of drug-likeness (QED) is 0.471. The molecule has 0 atom stereocenters. The predicted octanol–water partition coefficient (Wildman–Crippen LogP) is 4.56. The Morgan fingerprint density at radius 1 is 1.00 bits per heavy atom. The second-order valence-electron chi connectivity index (χ2n) is 6.93. The van der Waals surface area contributed by atoms with Gasteiger partial charge in [0, 0.05) is 5.56 Å². The third kappa shape index (κ3) is 3.25. The summed E-state index contributed by atoms with van der Waals surface area (Å²) in [4.78, 5) is 34.2. The van der Waals surface area contributed by atoms with Crippen LogP contribution >= 0.6 is 11.3 Å². The summed E-state index contributed by atoms with van der Waals surface area (Å²) in [6.45, 7) is 2.02. The van der Waals surface area contributed by atoms with Gasteiger partial charge in [0.2, 0.25) is 0 Å². The van der Waals surface area contributed by atoms with E-state index in [-0.39, 0.29) is 11.5 Å². The minimum Gasteiger partial charge on any atom is -0.298 e. The Balaban J connectivity index is 1.41. The molecule has 0 spiro atoms. The van der Waals surface area contributed by atoms with E-state index in [1.54, 1.807) is 36.4 Å². The molecule has 0 fully saturated rings. The third-order valence-electron chi connectivity index (χ3n) is 4.84. The number of hydrogen-bond acceptors (Lipinski definition) is 5. The van der Waals surface area contributed by atoms with Crippen molar-refractivity contribution in [2.75, 3.05) is 5.32 Å². The summed E-state index contributed by atoms with van der Waals surface area (Å²) >= 11 is 1.44. The summed E-state index contributed by atoms with van der Waals surface area (Å²) in [5, 5.41) is 3.95. The van der Waals surface area contributed by atoms with Crippen LogP contribution in [0, 0.1) is 6.92 Å². The fraction of sp³-hybridized carbons (Fsp3) is 0.0435. The molecule has 2 aromatic heterocycles. The number of amides is 1. The van der Waals surface area contributed by atoms with Gasteiger partial charge in [0.25, 0.3) is 11.5 Å². The Morgan fingerprint density at radius 2 is 1.80 bits per heavy atom. The normalized spacial score (nSPS) is 11.1. The molecule has 0 aliphatic carbocycles. The minimum absolute atomic E-state index is 0.150. The molecule has 5 aromatic rings. The van der Waals surface area contributed by atoms with E-state index >= 15 is 0 Å². The Hall–Kier alpha value is -3.84. The van der Waals surface area contributed by atoms with Crippen LogP contribution < -0.4 is 10.9 Å². The Labute approximate surface area is 175 Å². The molecular weight excluding hydrogens is 396 g/mol. The van der Waals surface area contributed by atoms with Crippen LogP contribution in [0.15, 0.2) is 77.9 Å². The van der Waals surface area contributed by atoms with Crippen LogP contribution in [0.3, 0.4) is 0 Å². The van der Waals surface area contributed by atoms with Crippen molar-refractivity contribution in [2.24, 2.45) is 0 Å². The molecule has 0 saturated heterocycles. The van der Waals surface area contributed by atoms with Gasteiger partial charge in [-0.1, -0.05) is 29.5 Å². The molecule has 0 unspecified atom stereocenters. The molecule has 30 heavy (non-hydrogen) atoms. The predicted molar refractivity (Wildman–Crippen MR) is 120 cm³/mol. The van der Waals surface area contributed by atoms with Crippen molar-refractivity contribution in [3.63, 3.8) is 0 Å². The lowest BCUT2D eigenvalue weighted by Gasteiger charge is -2.08. The standard InChI is InChI=1S/C23H16N4O2S/c1-14-6-11-19-20(12-14)30-23(25-19)26-21(28)15-7-9-16(10-8-15)27-13-24-18-5-3-2-4-17(18)22(27)29/h2-13H,1H3,(H,25,26,28). The van der Waals surface area contributed by atoms with Crippen molar-refractivity contribution in [1.82, 2.24) is 14.5 Å². The topological polar surface area (TPSA) is 76.9 Å². The third-order valence-corrected chi connectivity index (χ3v) is 5.77. The van der Waals surface area contributed by atoms with Crippen molar-refractivity contribution < 1.29 is 4.79 Å². The van der Waals surface area contributed by atoms with Crippen LogP contribution in [-0.4, -0.2) is 20.4 Å². The maximum Gasteiger partial charge on any atom is 0.265 e. The minimum atomic E-state index is -0.249. The monoisotopic (exact) mass is 412 g/mol. The van der Waals surface area contributed by atoms with E-state index in [4.69, 9.17) is 0 Å². The fourth-order valence-electron chi connectivity index (χ4n) is 3.28. The second kappa shape index (κ2) is 7.20. The van der Waals surface area contributed by atoms with E-state index in [2.05, 4.69) is 15.3 Å².